The van der Waals surface area contributed by atoms with E-state index in [1.165, 1.54) is 6.92 Å². The molecule has 3 aromatic rings. The average Bonchev–Trinajstić information content (AvgIpc) is 3.21. The molecule has 1 N–H and O–H groups in total. The minimum atomic E-state index is -5.15. The van der Waals surface area contributed by atoms with Gasteiger partial charge in [-0.25, -0.2) is 15.0 Å². The summed E-state index contributed by atoms with van der Waals surface area (Å²) in [7, 11) is 0. The molecule has 0 saturated heterocycles. The summed E-state index contributed by atoms with van der Waals surface area (Å²) in [5.74, 6) is -2.48. The van der Waals surface area contributed by atoms with Crippen molar-refractivity contribution in [1.29, 1.82) is 0 Å². The second kappa shape index (κ2) is 9.03. The summed E-state index contributed by atoms with van der Waals surface area (Å²) in [4.78, 5) is 23.5. The number of amides is 1. The molecular weight excluding hydrogens is 503 g/mol. The first-order valence-electron chi connectivity index (χ1n) is 9.13. The van der Waals surface area contributed by atoms with E-state index in [-0.39, 0.29) is 30.0 Å². The van der Waals surface area contributed by atoms with Gasteiger partial charge in [0.25, 0.3) is 11.9 Å². The van der Waals surface area contributed by atoms with Crippen LogP contribution in [0.1, 0.15) is 40.3 Å². The van der Waals surface area contributed by atoms with Crippen LogP contribution in [0.4, 0.5) is 39.5 Å². The predicted molar refractivity (Wildman–Crippen MR) is 96.0 cm³/mol. The molecule has 0 unspecified atom stereocenters. The summed E-state index contributed by atoms with van der Waals surface area (Å²) in [6.07, 6.45) is -13.0. The first kappa shape index (κ1) is 25.7. The van der Waals surface area contributed by atoms with Gasteiger partial charge in [-0.05, 0) is 25.1 Å². The van der Waals surface area contributed by atoms with E-state index in [0.717, 1.165) is 11.0 Å². The van der Waals surface area contributed by atoms with Crippen LogP contribution in [-0.4, -0.2) is 37.0 Å². The van der Waals surface area contributed by atoms with Gasteiger partial charge < -0.3 is 10.1 Å². The Bertz CT molecular complexity index is 1170. The van der Waals surface area contributed by atoms with Crippen LogP contribution < -0.4 is 10.1 Å². The Morgan fingerprint density at radius 1 is 0.914 bits per heavy atom. The van der Waals surface area contributed by atoms with Crippen LogP contribution in [0.2, 0.25) is 0 Å². The van der Waals surface area contributed by atoms with Crippen molar-refractivity contribution in [3.8, 4) is 11.7 Å². The van der Waals surface area contributed by atoms with Crippen LogP contribution in [-0.2, 0) is 12.4 Å². The third-order valence-electron chi connectivity index (χ3n) is 4.20. The second-order valence-electron chi connectivity index (χ2n) is 6.79. The third-order valence-corrected chi connectivity index (χ3v) is 4.20. The molecule has 2 aromatic heterocycles. The molecule has 188 valence electrons. The van der Waals surface area contributed by atoms with E-state index in [1.54, 1.807) is 0 Å². The zero-order valence-corrected chi connectivity index (χ0v) is 17.0. The van der Waals surface area contributed by atoms with Gasteiger partial charge in [-0.15, -0.1) is 13.2 Å². The molecule has 0 radical (unpaired) electrons. The van der Waals surface area contributed by atoms with Gasteiger partial charge in [-0.3, -0.25) is 4.79 Å². The molecule has 2 heterocycles. The van der Waals surface area contributed by atoms with E-state index in [0.29, 0.717) is 12.4 Å². The van der Waals surface area contributed by atoms with Crippen LogP contribution in [0.3, 0.4) is 0 Å². The summed E-state index contributed by atoms with van der Waals surface area (Å²) < 4.78 is 120. The number of rotatable bonds is 5. The summed E-state index contributed by atoms with van der Waals surface area (Å²) >= 11 is 0. The fourth-order valence-electron chi connectivity index (χ4n) is 2.74. The number of halogens is 9. The number of aromatic nitrogens is 5. The summed E-state index contributed by atoms with van der Waals surface area (Å²) in [5, 5.41) is 5.94. The zero-order chi connectivity index (χ0) is 26.2. The smallest absolute Gasteiger partial charge is 0.402 e. The van der Waals surface area contributed by atoms with Crippen molar-refractivity contribution in [2.24, 2.45) is 0 Å². The largest absolute Gasteiger partial charge is 0.573 e. The molecule has 0 aliphatic heterocycles. The second-order valence-corrected chi connectivity index (χ2v) is 6.79. The van der Waals surface area contributed by atoms with Crippen molar-refractivity contribution >= 4 is 5.91 Å². The molecule has 0 spiro atoms. The maximum atomic E-state index is 13.0. The molecule has 17 heteroatoms. The fraction of sp³-hybridized carbons (Fsp3) is 0.278. The van der Waals surface area contributed by atoms with Crippen LogP contribution in [0.25, 0.3) is 5.95 Å². The highest BCUT2D eigenvalue weighted by Crippen LogP contribution is 2.36. The summed E-state index contributed by atoms with van der Waals surface area (Å²) in [6.45, 7) is 1.28. The Hall–Kier alpha value is -3.92. The van der Waals surface area contributed by atoms with E-state index in [4.69, 9.17) is 0 Å². The van der Waals surface area contributed by atoms with E-state index < -0.39 is 53.1 Å². The molecule has 1 atom stereocenters. The van der Waals surface area contributed by atoms with E-state index >= 15 is 0 Å². The van der Waals surface area contributed by atoms with Crippen molar-refractivity contribution in [1.82, 2.24) is 30.0 Å². The lowest BCUT2D eigenvalue weighted by Crippen LogP contribution is -2.29. The van der Waals surface area contributed by atoms with Crippen LogP contribution in [0.15, 0.2) is 36.9 Å². The average molecular weight is 514 g/mol. The van der Waals surface area contributed by atoms with E-state index in [2.05, 4.69) is 30.1 Å². The Labute approximate surface area is 188 Å². The SMILES string of the molecule is C[C@H](NC(=O)c1cc(C(F)(F)F)cc(C(F)(F)F)c1)c1ncnn1-c1ncc(OC(F)(F)F)cn1. The Morgan fingerprint density at radius 3 is 1.94 bits per heavy atom. The van der Waals surface area contributed by atoms with Gasteiger partial charge in [0.1, 0.15) is 6.33 Å². The number of nitrogens with one attached hydrogen (secondary N) is 1. The number of benzene rings is 1. The van der Waals surface area contributed by atoms with Crippen molar-refractivity contribution in [3.63, 3.8) is 0 Å². The van der Waals surface area contributed by atoms with Crippen molar-refractivity contribution < 1.29 is 49.0 Å². The van der Waals surface area contributed by atoms with Gasteiger partial charge in [0, 0.05) is 5.56 Å². The van der Waals surface area contributed by atoms with Gasteiger partial charge in [0.05, 0.1) is 29.6 Å². The lowest BCUT2D eigenvalue weighted by Gasteiger charge is -2.17. The minimum Gasteiger partial charge on any atom is -0.402 e. The summed E-state index contributed by atoms with van der Waals surface area (Å²) in [5.41, 5.74) is -4.28. The van der Waals surface area contributed by atoms with E-state index in [1.807, 2.05) is 0 Å². The van der Waals surface area contributed by atoms with Crippen molar-refractivity contribution in [3.05, 3.63) is 59.4 Å². The number of nitrogens with zero attached hydrogens (tertiary/aromatic N) is 5. The quantitative estimate of drug-likeness (QED) is 0.505. The highest BCUT2D eigenvalue weighted by molar-refractivity contribution is 5.94. The minimum absolute atomic E-state index is 0.125. The Morgan fingerprint density at radius 2 is 1.46 bits per heavy atom. The van der Waals surface area contributed by atoms with Gasteiger partial charge in [0.15, 0.2) is 11.6 Å². The van der Waals surface area contributed by atoms with Crippen LogP contribution in [0.5, 0.6) is 5.75 Å². The highest BCUT2D eigenvalue weighted by atomic mass is 19.4. The normalized spacial score (nSPS) is 13.4. The maximum Gasteiger partial charge on any atom is 0.573 e. The topological polar surface area (TPSA) is 94.8 Å². The Balaban J connectivity index is 1.85. The zero-order valence-electron chi connectivity index (χ0n) is 17.0. The van der Waals surface area contributed by atoms with Gasteiger partial charge in [-0.1, -0.05) is 0 Å². The number of carbonyl (C=O) groups excluding carboxylic acids is 1. The van der Waals surface area contributed by atoms with Gasteiger partial charge >= 0.3 is 18.7 Å². The number of ether oxygens (including phenoxy) is 1. The van der Waals surface area contributed by atoms with Gasteiger partial charge in [0.2, 0.25) is 0 Å². The van der Waals surface area contributed by atoms with E-state index in [9.17, 15) is 44.3 Å². The molecule has 1 amide bonds. The fourth-order valence-corrected chi connectivity index (χ4v) is 2.74. The van der Waals surface area contributed by atoms with Crippen molar-refractivity contribution in [2.45, 2.75) is 31.7 Å². The molecule has 0 fully saturated rings. The third kappa shape index (κ3) is 6.36. The number of carbonyl (C=O) groups is 1. The van der Waals surface area contributed by atoms with Crippen LogP contribution >= 0.6 is 0 Å². The molecule has 0 saturated carbocycles. The molecule has 0 aliphatic carbocycles. The highest BCUT2D eigenvalue weighted by Gasteiger charge is 2.37. The monoisotopic (exact) mass is 514 g/mol. The lowest BCUT2D eigenvalue weighted by molar-refractivity contribution is -0.274. The summed E-state index contributed by atoms with van der Waals surface area (Å²) in [6, 6.07) is -0.779. The standard InChI is InChI=1S/C18H11F9N6O2/c1-8(13-30-7-31-33(13)15-28-5-12(6-29-15)35-18(25,26)27)32-14(34)9-2-10(16(19,20)21)4-11(3-9)17(22,23)24/h2-8H,1H3,(H,32,34)/t8-/m0/s1. The molecule has 8 nitrogen and oxygen atoms in total. The first-order chi connectivity index (χ1) is 16.0. The Kier molecular flexibility index (Phi) is 6.63. The predicted octanol–water partition coefficient (Wildman–Crippen LogP) is 4.48. The number of hydrogen-bond acceptors (Lipinski definition) is 6. The molecule has 35 heavy (non-hydrogen) atoms. The molecule has 3 rings (SSSR count). The number of hydrogen-bond donors (Lipinski definition) is 1. The molecule has 0 aliphatic rings. The number of alkyl halides is 9. The molecular formula is C18H11F9N6O2. The maximum absolute atomic E-state index is 13.0. The molecule has 1 aromatic carbocycles. The van der Waals surface area contributed by atoms with Crippen molar-refractivity contribution in [2.75, 3.05) is 0 Å². The molecule has 0 bridgehead atoms. The lowest BCUT2D eigenvalue weighted by atomic mass is 10.0. The first-order valence-corrected chi connectivity index (χ1v) is 9.13. The van der Waals surface area contributed by atoms with Crippen LogP contribution in [0, 0.1) is 0 Å². The van der Waals surface area contributed by atoms with Gasteiger partial charge in [-0.2, -0.15) is 36.1 Å².